The predicted molar refractivity (Wildman–Crippen MR) is 89.4 cm³/mol. The minimum Gasteiger partial charge on any atom is -0.461 e. The minimum absolute atomic E-state index is 0.104. The van der Waals surface area contributed by atoms with E-state index in [-0.39, 0.29) is 25.2 Å². The summed E-state index contributed by atoms with van der Waals surface area (Å²) >= 11 is 0. The highest BCUT2D eigenvalue weighted by Crippen LogP contribution is 2.34. The average molecular weight is 355 g/mol. The van der Waals surface area contributed by atoms with Gasteiger partial charge >= 0.3 is 0 Å². The quantitative estimate of drug-likeness (QED) is 0.725. The molecule has 4 rings (SSSR count). The summed E-state index contributed by atoms with van der Waals surface area (Å²) < 4.78 is 21.0. The highest BCUT2D eigenvalue weighted by Gasteiger charge is 2.17. The molecule has 8 nitrogen and oxygen atoms in total. The molecule has 1 unspecified atom stereocenters. The molecule has 1 aliphatic rings. The number of aromatic nitrogens is 2. The van der Waals surface area contributed by atoms with Gasteiger partial charge in [0.1, 0.15) is 0 Å². The van der Waals surface area contributed by atoms with Gasteiger partial charge in [0.15, 0.2) is 17.3 Å². The standard InChI is InChI=1S/C18H17N3O5/c1-11(12-4-5-13-15(9-12)25-10-24-13)19-16(22)6-7-17-20-18(21-26-17)14-3-2-8-23-14/h2-5,8-9,11H,6-7,10H2,1H3,(H,19,22). The fourth-order valence-corrected chi connectivity index (χ4v) is 2.66. The number of fused-ring (bicyclic) bond motifs is 1. The largest absolute Gasteiger partial charge is 0.461 e. The summed E-state index contributed by atoms with van der Waals surface area (Å²) in [5, 5.41) is 6.79. The van der Waals surface area contributed by atoms with Crippen molar-refractivity contribution in [2.75, 3.05) is 6.79 Å². The van der Waals surface area contributed by atoms with E-state index in [1.54, 1.807) is 12.1 Å². The minimum atomic E-state index is -0.154. The maximum absolute atomic E-state index is 12.2. The molecule has 0 saturated carbocycles. The molecule has 0 aliphatic carbocycles. The second-order valence-electron chi connectivity index (χ2n) is 5.89. The third kappa shape index (κ3) is 3.39. The van der Waals surface area contributed by atoms with E-state index >= 15 is 0 Å². The number of nitrogens with one attached hydrogen (secondary N) is 1. The number of carbonyl (C=O) groups excluding carboxylic acids is 1. The third-order valence-corrected chi connectivity index (χ3v) is 4.05. The molecule has 0 fully saturated rings. The molecule has 3 heterocycles. The maximum Gasteiger partial charge on any atom is 0.238 e. The molecule has 1 amide bonds. The molecular formula is C18H17N3O5. The van der Waals surface area contributed by atoms with Gasteiger partial charge in [0, 0.05) is 12.8 Å². The number of nitrogens with zero attached hydrogens (tertiary/aromatic N) is 2. The Bertz CT molecular complexity index is 903. The van der Waals surface area contributed by atoms with Gasteiger partial charge in [0.05, 0.1) is 12.3 Å². The lowest BCUT2D eigenvalue weighted by Crippen LogP contribution is -2.26. The molecule has 1 aromatic carbocycles. The van der Waals surface area contributed by atoms with Crippen molar-refractivity contribution in [3.05, 3.63) is 48.0 Å². The highest BCUT2D eigenvalue weighted by molar-refractivity contribution is 5.76. The van der Waals surface area contributed by atoms with E-state index in [2.05, 4.69) is 15.5 Å². The number of aryl methyl sites for hydroxylation is 1. The van der Waals surface area contributed by atoms with Crippen molar-refractivity contribution >= 4 is 5.91 Å². The first-order valence-corrected chi connectivity index (χ1v) is 8.24. The Morgan fingerprint density at radius 1 is 1.27 bits per heavy atom. The van der Waals surface area contributed by atoms with E-state index in [0.29, 0.717) is 29.6 Å². The summed E-state index contributed by atoms with van der Waals surface area (Å²) in [7, 11) is 0. The van der Waals surface area contributed by atoms with Crippen LogP contribution in [0.4, 0.5) is 0 Å². The van der Waals surface area contributed by atoms with Crippen molar-refractivity contribution in [2.24, 2.45) is 0 Å². The van der Waals surface area contributed by atoms with Gasteiger partial charge in [-0.2, -0.15) is 4.98 Å². The second-order valence-corrected chi connectivity index (χ2v) is 5.89. The number of ether oxygens (including phenoxy) is 2. The van der Waals surface area contributed by atoms with Crippen molar-refractivity contribution in [2.45, 2.75) is 25.8 Å². The van der Waals surface area contributed by atoms with Crippen LogP contribution in [0.15, 0.2) is 45.5 Å². The Hall–Kier alpha value is -3.29. The van der Waals surface area contributed by atoms with E-state index in [4.69, 9.17) is 18.4 Å². The van der Waals surface area contributed by atoms with Gasteiger partial charge in [-0.1, -0.05) is 11.2 Å². The zero-order chi connectivity index (χ0) is 17.9. The molecule has 3 aromatic rings. The molecule has 1 N–H and O–H groups in total. The molecule has 2 aromatic heterocycles. The Morgan fingerprint density at radius 3 is 3.00 bits per heavy atom. The number of hydrogen-bond acceptors (Lipinski definition) is 7. The van der Waals surface area contributed by atoms with Gasteiger partial charge in [0.2, 0.25) is 24.4 Å². The summed E-state index contributed by atoms with van der Waals surface area (Å²) in [6.07, 6.45) is 2.14. The van der Waals surface area contributed by atoms with Crippen LogP contribution in [0.5, 0.6) is 11.5 Å². The third-order valence-electron chi connectivity index (χ3n) is 4.05. The van der Waals surface area contributed by atoms with Crippen molar-refractivity contribution in [3.63, 3.8) is 0 Å². The van der Waals surface area contributed by atoms with Crippen molar-refractivity contribution in [1.82, 2.24) is 15.5 Å². The SMILES string of the molecule is CC(NC(=O)CCc1nc(-c2ccco2)no1)c1ccc2c(c1)OCO2. The van der Waals surface area contributed by atoms with E-state index in [0.717, 1.165) is 11.3 Å². The van der Waals surface area contributed by atoms with Gasteiger partial charge in [0.25, 0.3) is 0 Å². The van der Waals surface area contributed by atoms with E-state index in [9.17, 15) is 4.79 Å². The number of carbonyl (C=O) groups is 1. The fourth-order valence-electron chi connectivity index (χ4n) is 2.66. The van der Waals surface area contributed by atoms with Crippen LogP contribution in [0.1, 0.15) is 30.8 Å². The Balaban J connectivity index is 1.31. The van der Waals surface area contributed by atoms with Gasteiger partial charge in [-0.15, -0.1) is 0 Å². The van der Waals surface area contributed by atoms with Crippen molar-refractivity contribution in [1.29, 1.82) is 0 Å². The zero-order valence-corrected chi connectivity index (χ0v) is 14.1. The number of rotatable bonds is 6. The Kier molecular flexibility index (Phi) is 4.30. The Labute approximate surface area is 149 Å². The summed E-state index contributed by atoms with van der Waals surface area (Å²) in [5.41, 5.74) is 0.945. The summed E-state index contributed by atoms with van der Waals surface area (Å²) in [6.45, 7) is 2.14. The van der Waals surface area contributed by atoms with Crippen LogP contribution in [0.2, 0.25) is 0 Å². The van der Waals surface area contributed by atoms with Crippen LogP contribution >= 0.6 is 0 Å². The lowest BCUT2D eigenvalue weighted by molar-refractivity contribution is -0.121. The molecular weight excluding hydrogens is 338 g/mol. The molecule has 134 valence electrons. The van der Waals surface area contributed by atoms with Crippen LogP contribution < -0.4 is 14.8 Å². The van der Waals surface area contributed by atoms with Crippen molar-refractivity contribution < 1.29 is 23.2 Å². The summed E-state index contributed by atoms with van der Waals surface area (Å²) in [4.78, 5) is 16.4. The summed E-state index contributed by atoms with van der Waals surface area (Å²) in [6, 6.07) is 8.96. The van der Waals surface area contributed by atoms with Gasteiger partial charge in [-0.3, -0.25) is 4.79 Å². The number of furan rings is 1. The lowest BCUT2D eigenvalue weighted by Gasteiger charge is -2.14. The molecule has 26 heavy (non-hydrogen) atoms. The predicted octanol–water partition coefficient (Wildman–Crippen LogP) is 2.87. The molecule has 0 radical (unpaired) electrons. The second kappa shape index (κ2) is 6.91. The lowest BCUT2D eigenvalue weighted by atomic mass is 10.1. The number of benzene rings is 1. The van der Waals surface area contributed by atoms with Gasteiger partial charge in [-0.25, -0.2) is 0 Å². The van der Waals surface area contributed by atoms with E-state index < -0.39 is 0 Å². The highest BCUT2D eigenvalue weighted by atomic mass is 16.7. The summed E-state index contributed by atoms with van der Waals surface area (Å²) in [5.74, 6) is 2.60. The number of amides is 1. The van der Waals surface area contributed by atoms with Gasteiger partial charge < -0.3 is 23.7 Å². The van der Waals surface area contributed by atoms with Crippen LogP contribution in [0.25, 0.3) is 11.6 Å². The first kappa shape index (κ1) is 16.2. The van der Waals surface area contributed by atoms with Gasteiger partial charge in [-0.05, 0) is 36.8 Å². The number of hydrogen-bond donors (Lipinski definition) is 1. The molecule has 0 saturated heterocycles. The van der Waals surface area contributed by atoms with Crippen LogP contribution in [-0.4, -0.2) is 22.8 Å². The van der Waals surface area contributed by atoms with Crippen LogP contribution in [0, 0.1) is 0 Å². The van der Waals surface area contributed by atoms with Crippen molar-refractivity contribution in [3.8, 4) is 23.1 Å². The first-order valence-electron chi connectivity index (χ1n) is 8.24. The molecule has 8 heteroatoms. The molecule has 0 bridgehead atoms. The smallest absolute Gasteiger partial charge is 0.238 e. The van der Waals surface area contributed by atoms with E-state index in [1.807, 2.05) is 25.1 Å². The zero-order valence-electron chi connectivity index (χ0n) is 14.1. The van der Waals surface area contributed by atoms with Crippen LogP contribution in [0.3, 0.4) is 0 Å². The van der Waals surface area contributed by atoms with E-state index in [1.165, 1.54) is 6.26 Å². The van der Waals surface area contributed by atoms with Crippen LogP contribution in [-0.2, 0) is 11.2 Å². The topological polar surface area (TPSA) is 99.6 Å². The molecule has 1 aliphatic heterocycles. The first-order chi connectivity index (χ1) is 12.7. The fraction of sp³-hybridized carbons (Fsp3) is 0.278. The molecule has 0 spiro atoms. The molecule has 1 atom stereocenters. The Morgan fingerprint density at radius 2 is 2.15 bits per heavy atom. The monoisotopic (exact) mass is 355 g/mol. The maximum atomic E-state index is 12.2. The average Bonchev–Trinajstić information content (AvgIpc) is 3.40. The normalized spacial score (nSPS) is 13.6.